The number of halogens is 2. The molecule has 0 spiro atoms. The van der Waals surface area contributed by atoms with Crippen LogP contribution >= 0.6 is 15.9 Å². The Bertz CT molecular complexity index is 599. The van der Waals surface area contributed by atoms with E-state index in [1.54, 1.807) is 0 Å². The van der Waals surface area contributed by atoms with Crippen LogP contribution in [0, 0.1) is 26.6 Å². The minimum absolute atomic E-state index is 0.231. The third-order valence-electron chi connectivity index (χ3n) is 3.33. The standard InChI is InChI=1S/C16H17BrFN/c1-9-6-11(3)15(14(18)7-9)16(19)12-4-5-13(17)10(2)8-12/h4-8,16H,19H2,1-3H3. The van der Waals surface area contributed by atoms with Gasteiger partial charge in [-0.25, -0.2) is 4.39 Å². The van der Waals surface area contributed by atoms with Gasteiger partial charge in [-0.1, -0.05) is 34.1 Å². The number of rotatable bonds is 2. The molecule has 2 aromatic rings. The van der Waals surface area contributed by atoms with Gasteiger partial charge < -0.3 is 5.73 Å². The van der Waals surface area contributed by atoms with Gasteiger partial charge in [-0.15, -0.1) is 0 Å². The minimum atomic E-state index is -0.438. The van der Waals surface area contributed by atoms with E-state index in [2.05, 4.69) is 15.9 Å². The van der Waals surface area contributed by atoms with E-state index in [9.17, 15) is 4.39 Å². The van der Waals surface area contributed by atoms with Crippen LogP contribution in [-0.4, -0.2) is 0 Å². The zero-order valence-electron chi connectivity index (χ0n) is 11.3. The van der Waals surface area contributed by atoms with Crippen molar-refractivity contribution >= 4 is 15.9 Å². The first-order valence-electron chi connectivity index (χ1n) is 6.18. The Morgan fingerprint density at radius 2 is 1.74 bits per heavy atom. The Balaban J connectivity index is 2.49. The van der Waals surface area contributed by atoms with Gasteiger partial charge in [-0.3, -0.25) is 0 Å². The van der Waals surface area contributed by atoms with Crippen molar-refractivity contribution in [3.8, 4) is 0 Å². The molecule has 0 saturated heterocycles. The quantitative estimate of drug-likeness (QED) is 0.862. The zero-order valence-corrected chi connectivity index (χ0v) is 12.9. The van der Waals surface area contributed by atoms with Crippen molar-refractivity contribution in [2.45, 2.75) is 26.8 Å². The molecule has 3 heteroatoms. The van der Waals surface area contributed by atoms with E-state index in [-0.39, 0.29) is 5.82 Å². The molecule has 1 unspecified atom stereocenters. The fraction of sp³-hybridized carbons (Fsp3) is 0.250. The van der Waals surface area contributed by atoms with Gasteiger partial charge in [0.25, 0.3) is 0 Å². The summed E-state index contributed by atoms with van der Waals surface area (Å²) in [5.74, 6) is -0.231. The molecule has 2 aromatic carbocycles. The average Bonchev–Trinajstić information content (AvgIpc) is 2.31. The van der Waals surface area contributed by atoms with E-state index in [0.717, 1.165) is 26.7 Å². The van der Waals surface area contributed by atoms with Crippen molar-refractivity contribution in [1.82, 2.24) is 0 Å². The zero-order chi connectivity index (χ0) is 14.2. The molecule has 0 aliphatic heterocycles. The second-order valence-electron chi connectivity index (χ2n) is 4.96. The summed E-state index contributed by atoms with van der Waals surface area (Å²) in [6, 6.07) is 8.94. The van der Waals surface area contributed by atoms with Gasteiger partial charge in [0, 0.05) is 10.0 Å². The van der Waals surface area contributed by atoms with E-state index in [1.807, 2.05) is 45.0 Å². The van der Waals surface area contributed by atoms with Crippen molar-refractivity contribution in [3.05, 3.63) is 68.4 Å². The molecule has 2 N–H and O–H groups in total. The van der Waals surface area contributed by atoms with E-state index in [4.69, 9.17) is 5.73 Å². The van der Waals surface area contributed by atoms with Crippen molar-refractivity contribution in [3.63, 3.8) is 0 Å². The topological polar surface area (TPSA) is 26.0 Å². The van der Waals surface area contributed by atoms with Gasteiger partial charge in [0.15, 0.2) is 0 Å². The highest BCUT2D eigenvalue weighted by atomic mass is 79.9. The van der Waals surface area contributed by atoms with Crippen LogP contribution in [0.5, 0.6) is 0 Å². The lowest BCUT2D eigenvalue weighted by molar-refractivity contribution is 0.596. The molecule has 0 fully saturated rings. The highest BCUT2D eigenvalue weighted by Crippen LogP contribution is 2.28. The van der Waals surface area contributed by atoms with Crippen LogP contribution in [0.15, 0.2) is 34.8 Å². The van der Waals surface area contributed by atoms with Crippen molar-refractivity contribution in [2.75, 3.05) is 0 Å². The summed E-state index contributed by atoms with van der Waals surface area (Å²) >= 11 is 3.46. The minimum Gasteiger partial charge on any atom is -0.320 e. The third-order valence-corrected chi connectivity index (χ3v) is 4.22. The Hall–Kier alpha value is -1.19. The van der Waals surface area contributed by atoms with Crippen LogP contribution in [0.1, 0.15) is 33.9 Å². The number of aryl methyl sites for hydroxylation is 3. The van der Waals surface area contributed by atoms with Crippen LogP contribution < -0.4 is 5.73 Å². The molecule has 0 aliphatic rings. The lowest BCUT2D eigenvalue weighted by Gasteiger charge is -2.17. The smallest absolute Gasteiger partial charge is 0.128 e. The summed E-state index contributed by atoms with van der Waals surface area (Å²) in [4.78, 5) is 0. The molecule has 0 heterocycles. The van der Waals surface area contributed by atoms with Gasteiger partial charge in [0.05, 0.1) is 6.04 Å². The Labute approximate surface area is 121 Å². The Morgan fingerprint density at radius 3 is 2.32 bits per heavy atom. The first kappa shape index (κ1) is 14.2. The largest absolute Gasteiger partial charge is 0.320 e. The van der Waals surface area contributed by atoms with Crippen molar-refractivity contribution in [2.24, 2.45) is 5.73 Å². The maximum absolute atomic E-state index is 14.1. The van der Waals surface area contributed by atoms with Crippen LogP contribution in [0.4, 0.5) is 4.39 Å². The summed E-state index contributed by atoms with van der Waals surface area (Å²) in [6.07, 6.45) is 0. The van der Waals surface area contributed by atoms with E-state index in [1.165, 1.54) is 6.07 Å². The monoisotopic (exact) mass is 321 g/mol. The first-order chi connectivity index (χ1) is 8.90. The van der Waals surface area contributed by atoms with Gasteiger partial charge in [-0.2, -0.15) is 0 Å². The molecule has 0 bridgehead atoms. The predicted octanol–water partition coefficient (Wildman–Crippen LogP) is 4.56. The lowest BCUT2D eigenvalue weighted by atomic mass is 9.93. The summed E-state index contributed by atoms with van der Waals surface area (Å²) in [5.41, 5.74) is 10.6. The molecule has 0 aromatic heterocycles. The molecular weight excluding hydrogens is 305 g/mol. The lowest BCUT2D eigenvalue weighted by Crippen LogP contribution is -2.15. The van der Waals surface area contributed by atoms with E-state index in [0.29, 0.717) is 5.56 Å². The molecule has 1 nitrogen and oxygen atoms in total. The summed E-state index contributed by atoms with van der Waals surface area (Å²) in [5, 5.41) is 0. The van der Waals surface area contributed by atoms with Gasteiger partial charge >= 0.3 is 0 Å². The molecular formula is C16H17BrFN. The van der Waals surface area contributed by atoms with E-state index < -0.39 is 6.04 Å². The highest BCUT2D eigenvalue weighted by Gasteiger charge is 2.17. The molecule has 0 radical (unpaired) electrons. The fourth-order valence-corrected chi connectivity index (χ4v) is 2.60. The molecule has 0 aliphatic carbocycles. The number of hydrogen-bond acceptors (Lipinski definition) is 1. The van der Waals surface area contributed by atoms with Gasteiger partial charge in [0.1, 0.15) is 5.82 Å². The maximum atomic E-state index is 14.1. The first-order valence-corrected chi connectivity index (χ1v) is 6.97. The number of benzene rings is 2. The van der Waals surface area contributed by atoms with Crippen LogP contribution in [0.25, 0.3) is 0 Å². The molecule has 19 heavy (non-hydrogen) atoms. The number of hydrogen-bond donors (Lipinski definition) is 1. The summed E-state index contributed by atoms with van der Waals surface area (Å²) in [6.45, 7) is 5.78. The molecule has 1 atom stereocenters. The van der Waals surface area contributed by atoms with Gasteiger partial charge in [0.2, 0.25) is 0 Å². The number of nitrogens with two attached hydrogens (primary N) is 1. The van der Waals surface area contributed by atoms with Crippen LogP contribution in [-0.2, 0) is 0 Å². The Kier molecular flexibility index (Phi) is 4.07. The molecule has 2 rings (SSSR count). The summed E-state index contributed by atoms with van der Waals surface area (Å²) < 4.78 is 15.2. The molecule has 100 valence electrons. The molecule has 0 amide bonds. The maximum Gasteiger partial charge on any atom is 0.128 e. The average molecular weight is 322 g/mol. The normalized spacial score (nSPS) is 12.5. The molecule has 0 saturated carbocycles. The fourth-order valence-electron chi connectivity index (χ4n) is 2.35. The van der Waals surface area contributed by atoms with Crippen molar-refractivity contribution in [1.29, 1.82) is 0 Å². The SMILES string of the molecule is Cc1cc(C)c(C(N)c2ccc(Br)c(C)c2)c(F)c1. The second-order valence-corrected chi connectivity index (χ2v) is 5.82. The van der Waals surface area contributed by atoms with Crippen molar-refractivity contribution < 1.29 is 4.39 Å². The summed E-state index contributed by atoms with van der Waals surface area (Å²) in [7, 11) is 0. The van der Waals surface area contributed by atoms with E-state index >= 15 is 0 Å². The van der Waals surface area contributed by atoms with Crippen LogP contribution in [0.3, 0.4) is 0 Å². The predicted molar refractivity (Wildman–Crippen MR) is 80.8 cm³/mol. The highest BCUT2D eigenvalue weighted by molar-refractivity contribution is 9.10. The third kappa shape index (κ3) is 2.88. The van der Waals surface area contributed by atoms with Gasteiger partial charge in [-0.05, 0) is 55.2 Å². The van der Waals surface area contributed by atoms with Crippen LogP contribution in [0.2, 0.25) is 0 Å². The Morgan fingerprint density at radius 1 is 1.05 bits per heavy atom. The second kappa shape index (κ2) is 5.43.